The second-order valence-electron chi connectivity index (χ2n) is 5.75. The number of hydrogen-bond donors (Lipinski definition) is 3. The van der Waals surface area contributed by atoms with Gasteiger partial charge in [-0.15, -0.1) is 0 Å². The van der Waals surface area contributed by atoms with Gasteiger partial charge in [0.1, 0.15) is 0 Å². The normalized spacial score (nSPS) is 30.4. The zero-order valence-corrected chi connectivity index (χ0v) is 10.4. The standard InChI is InChI=1S/C15H19N3/c16-6-9-4-12-11-2-1-3-13-15(11)10(8-18-13)5-14(12)17-7-9/h1-3,8-9,12,14,17-18H,4-7,16H2/t9-,12?,14+/m0/s1. The summed E-state index contributed by atoms with van der Waals surface area (Å²) in [5, 5.41) is 5.17. The first-order valence-corrected chi connectivity index (χ1v) is 6.89. The van der Waals surface area contributed by atoms with Crippen molar-refractivity contribution in [3.63, 3.8) is 0 Å². The lowest BCUT2D eigenvalue weighted by molar-refractivity contribution is 0.273. The van der Waals surface area contributed by atoms with Crippen molar-refractivity contribution in [2.45, 2.75) is 24.8 Å². The summed E-state index contributed by atoms with van der Waals surface area (Å²) in [6, 6.07) is 7.25. The molecule has 0 saturated carbocycles. The molecule has 3 atom stereocenters. The molecule has 1 aliphatic heterocycles. The minimum absolute atomic E-state index is 0.599. The van der Waals surface area contributed by atoms with Crippen molar-refractivity contribution in [3.8, 4) is 0 Å². The Morgan fingerprint density at radius 1 is 1.33 bits per heavy atom. The molecule has 1 aromatic carbocycles. The first-order chi connectivity index (χ1) is 8.86. The average molecular weight is 241 g/mol. The van der Waals surface area contributed by atoms with Gasteiger partial charge in [-0.2, -0.15) is 0 Å². The Balaban J connectivity index is 1.85. The summed E-state index contributed by atoms with van der Waals surface area (Å²) >= 11 is 0. The van der Waals surface area contributed by atoms with Gasteiger partial charge in [0.05, 0.1) is 0 Å². The van der Waals surface area contributed by atoms with Gasteiger partial charge in [0.15, 0.2) is 0 Å². The van der Waals surface area contributed by atoms with Gasteiger partial charge in [-0.25, -0.2) is 0 Å². The Morgan fingerprint density at radius 2 is 2.28 bits per heavy atom. The van der Waals surface area contributed by atoms with Crippen LogP contribution in [0.2, 0.25) is 0 Å². The van der Waals surface area contributed by atoms with Crippen molar-refractivity contribution in [2.75, 3.05) is 13.1 Å². The zero-order valence-electron chi connectivity index (χ0n) is 10.4. The van der Waals surface area contributed by atoms with Crippen LogP contribution in [-0.2, 0) is 6.42 Å². The second kappa shape index (κ2) is 3.84. The molecule has 1 unspecified atom stereocenters. The van der Waals surface area contributed by atoms with Crippen LogP contribution in [-0.4, -0.2) is 24.1 Å². The summed E-state index contributed by atoms with van der Waals surface area (Å²) in [4.78, 5) is 3.40. The number of aromatic nitrogens is 1. The maximum atomic E-state index is 5.85. The van der Waals surface area contributed by atoms with Crippen molar-refractivity contribution in [1.82, 2.24) is 10.3 Å². The number of nitrogens with one attached hydrogen (secondary N) is 2. The number of nitrogens with two attached hydrogens (primary N) is 1. The molecule has 4 rings (SSSR count). The molecule has 2 aromatic rings. The molecule has 2 aliphatic rings. The molecular weight excluding hydrogens is 222 g/mol. The molecule has 18 heavy (non-hydrogen) atoms. The summed E-state index contributed by atoms with van der Waals surface area (Å²) in [6.07, 6.45) is 4.57. The molecule has 1 fully saturated rings. The summed E-state index contributed by atoms with van der Waals surface area (Å²) in [5.41, 5.74) is 10.1. The third-order valence-electron chi connectivity index (χ3n) is 4.73. The van der Waals surface area contributed by atoms with Crippen LogP contribution in [0.5, 0.6) is 0 Å². The fourth-order valence-corrected chi connectivity index (χ4v) is 3.80. The molecular formula is C15H19N3. The molecule has 1 saturated heterocycles. The van der Waals surface area contributed by atoms with Gasteiger partial charge in [-0.3, -0.25) is 0 Å². The number of piperidine rings is 1. The lowest BCUT2D eigenvalue weighted by atomic mass is 9.73. The first kappa shape index (κ1) is 10.6. The van der Waals surface area contributed by atoms with Crippen molar-refractivity contribution in [2.24, 2.45) is 11.7 Å². The number of rotatable bonds is 1. The zero-order chi connectivity index (χ0) is 12.1. The number of H-pyrrole nitrogens is 1. The Hall–Kier alpha value is -1.32. The third kappa shape index (κ3) is 1.38. The summed E-state index contributed by atoms with van der Waals surface area (Å²) in [7, 11) is 0. The molecule has 4 N–H and O–H groups in total. The number of aromatic amines is 1. The monoisotopic (exact) mass is 241 g/mol. The SMILES string of the molecule is NC[C@H]1CN[C@@H]2Cc3c[nH]c4cccc(c34)C2C1. The Bertz CT molecular complexity index is 586. The van der Waals surface area contributed by atoms with E-state index < -0.39 is 0 Å². The molecule has 1 aliphatic carbocycles. The molecule has 3 nitrogen and oxygen atoms in total. The molecule has 0 spiro atoms. The van der Waals surface area contributed by atoms with E-state index in [9.17, 15) is 0 Å². The van der Waals surface area contributed by atoms with Gasteiger partial charge in [0.25, 0.3) is 0 Å². The van der Waals surface area contributed by atoms with Crippen LogP contribution in [0.4, 0.5) is 0 Å². The molecule has 0 radical (unpaired) electrons. The number of benzene rings is 1. The van der Waals surface area contributed by atoms with Crippen molar-refractivity contribution in [3.05, 3.63) is 35.5 Å². The van der Waals surface area contributed by atoms with Crippen LogP contribution in [0.1, 0.15) is 23.5 Å². The largest absolute Gasteiger partial charge is 0.361 e. The Labute approximate surface area is 107 Å². The van der Waals surface area contributed by atoms with Crippen LogP contribution in [0.15, 0.2) is 24.4 Å². The fraction of sp³-hybridized carbons (Fsp3) is 0.467. The van der Waals surface area contributed by atoms with E-state index in [4.69, 9.17) is 5.73 Å². The highest BCUT2D eigenvalue weighted by atomic mass is 14.9. The van der Waals surface area contributed by atoms with Gasteiger partial charge in [-0.1, -0.05) is 12.1 Å². The van der Waals surface area contributed by atoms with E-state index in [0.29, 0.717) is 17.9 Å². The highest BCUT2D eigenvalue weighted by molar-refractivity contribution is 5.88. The second-order valence-corrected chi connectivity index (χ2v) is 5.75. The highest BCUT2D eigenvalue weighted by Crippen LogP contribution is 2.41. The molecule has 2 heterocycles. The van der Waals surface area contributed by atoms with E-state index in [1.807, 2.05) is 0 Å². The molecule has 94 valence electrons. The van der Waals surface area contributed by atoms with Crippen LogP contribution in [0, 0.1) is 5.92 Å². The van der Waals surface area contributed by atoms with Gasteiger partial charge < -0.3 is 16.0 Å². The highest BCUT2D eigenvalue weighted by Gasteiger charge is 2.35. The van der Waals surface area contributed by atoms with Gasteiger partial charge in [0, 0.05) is 29.1 Å². The number of fused-ring (bicyclic) bond motifs is 2. The van der Waals surface area contributed by atoms with E-state index >= 15 is 0 Å². The average Bonchev–Trinajstić information content (AvgIpc) is 2.83. The van der Waals surface area contributed by atoms with Crippen molar-refractivity contribution >= 4 is 10.9 Å². The lowest BCUT2D eigenvalue weighted by Gasteiger charge is -2.40. The Morgan fingerprint density at radius 3 is 3.17 bits per heavy atom. The smallest absolute Gasteiger partial charge is 0.0459 e. The first-order valence-electron chi connectivity index (χ1n) is 6.89. The van der Waals surface area contributed by atoms with Crippen LogP contribution in [0.25, 0.3) is 10.9 Å². The quantitative estimate of drug-likeness (QED) is 0.712. The third-order valence-corrected chi connectivity index (χ3v) is 4.73. The number of hydrogen-bond acceptors (Lipinski definition) is 2. The predicted molar refractivity (Wildman–Crippen MR) is 73.7 cm³/mol. The molecule has 1 aromatic heterocycles. The van der Waals surface area contributed by atoms with Crippen molar-refractivity contribution < 1.29 is 0 Å². The van der Waals surface area contributed by atoms with E-state index in [1.165, 1.54) is 28.5 Å². The predicted octanol–water partition coefficient (Wildman–Crippen LogP) is 1.74. The summed E-state index contributed by atoms with van der Waals surface area (Å²) in [6.45, 7) is 1.87. The van der Waals surface area contributed by atoms with E-state index in [2.05, 4.69) is 34.7 Å². The fourth-order valence-electron chi connectivity index (χ4n) is 3.80. The van der Waals surface area contributed by atoms with E-state index in [0.717, 1.165) is 19.5 Å². The maximum Gasteiger partial charge on any atom is 0.0459 e. The van der Waals surface area contributed by atoms with Gasteiger partial charge in [-0.05, 0) is 49.0 Å². The van der Waals surface area contributed by atoms with Crippen LogP contribution in [0.3, 0.4) is 0 Å². The maximum absolute atomic E-state index is 5.85. The van der Waals surface area contributed by atoms with Gasteiger partial charge >= 0.3 is 0 Å². The van der Waals surface area contributed by atoms with E-state index in [1.54, 1.807) is 0 Å². The van der Waals surface area contributed by atoms with Crippen LogP contribution >= 0.6 is 0 Å². The Kier molecular flexibility index (Phi) is 2.26. The van der Waals surface area contributed by atoms with E-state index in [-0.39, 0.29) is 0 Å². The topological polar surface area (TPSA) is 53.8 Å². The lowest BCUT2D eigenvalue weighted by Crippen LogP contribution is -2.48. The van der Waals surface area contributed by atoms with Gasteiger partial charge in [0.2, 0.25) is 0 Å². The minimum atomic E-state index is 0.599. The molecule has 0 bridgehead atoms. The van der Waals surface area contributed by atoms with Crippen molar-refractivity contribution in [1.29, 1.82) is 0 Å². The molecule has 3 heteroatoms. The summed E-state index contributed by atoms with van der Waals surface area (Å²) in [5.74, 6) is 1.27. The molecule has 0 amide bonds. The van der Waals surface area contributed by atoms with Crippen LogP contribution < -0.4 is 11.1 Å². The summed E-state index contributed by atoms with van der Waals surface area (Å²) < 4.78 is 0. The minimum Gasteiger partial charge on any atom is -0.361 e.